The van der Waals surface area contributed by atoms with Gasteiger partial charge in [0.1, 0.15) is 17.8 Å². The number of carbonyl (C=O) groups excluding carboxylic acids is 5. The van der Waals surface area contributed by atoms with Gasteiger partial charge in [0.05, 0.1) is 0 Å². The zero-order valence-electron chi connectivity index (χ0n) is 29.4. The number of carbonyl (C=O) groups is 5. The Morgan fingerprint density at radius 1 is 0.935 bits per heavy atom. The fourth-order valence-electron chi connectivity index (χ4n) is 5.07. The highest BCUT2D eigenvalue weighted by molar-refractivity contribution is 5.92. The number of amides is 5. The molecule has 1 aromatic rings. The molecule has 0 bridgehead atoms. The molecule has 0 aliphatic rings. The molecule has 5 amide bonds. The number of nitrogens with two attached hydrogens (primary N) is 1. The van der Waals surface area contributed by atoms with E-state index in [-0.39, 0.29) is 30.6 Å². The van der Waals surface area contributed by atoms with Crippen molar-refractivity contribution in [2.24, 2.45) is 17.1 Å². The highest BCUT2D eigenvalue weighted by atomic mass is 16.6. The second-order valence-electron chi connectivity index (χ2n) is 13.7. The number of unbranched alkanes of at least 4 members (excludes halogenated alkanes) is 2. The summed E-state index contributed by atoms with van der Waals surface area (Å²) in [6.45, 7) is 14.0. The molecule has 0 aliphatic carbocycles. The number of nitrogens with zero attached hydrogens (tertiary/aromatic N) is 1. The summed E-state index contributed by atoms with van der Waals surface area (Å²) in [5, 5.41) is 11.4. The first-order valence-electron chi connectivity index (χ1n) is 16.3. The van der Waals surface area contributed by atoms with Crippen LogP contribution in [-0.4, -0.2) is 79.4 Å². The Balaban J connectivity index is 3.12. The van der Waals surface area contributed by atoms with Gasteiger partial charge < -0.3 is 36.6 Å². The Bertz CT molecular complexity index is 1150. The third-order valence-corrected chi connectivity index (χ3v) is 7.87. The molecule has 0 aromatic heterocycles. The van der Waals surface area contributed by atoms with Gasteiger partial charge in [0.25, 0.3) is 0 Å². The van der Waals surface area contributed by atoms with Gasteiger partial charge in [0, 0.05) is 36.9 Å². The molecular formula is C34H58N6O6. The average molecular weight is 647 g/mol. The molecule has 0 aliphatic heterocycles. The highest BCUT2D eigenvalue weighted by Crippen LogP contribution is 2.28. The largest absolute Gasteiger partial charge is 0.412 e. The van der Waals surface area contributed by atoms with E-state index in [1.807, 2.05) is 53.6 Å². The summed E-state index contributed by atoms with van der Waals surface area (Å²) in [6.07, 6.45) is 3.35. The van der Waals surface area contributed by atoms with E-state index < -0.39 is 40.9 Å². The second kappa shape index (κ2) is 19.1. The molecule has 0 heterocycles. The molecule has 0 spiro atoms. The van der Waals surface area contributed by atoms with Crippen molar-refractivity contribution in [1.29, 1.82) is 0 Å². The van der Waals surface area contributed by atoms with Crippen molar-refractivity contribution in [3.8, 4) is 5.75 Å². The zero-order valence-corrected chi connectivity index (χ0v) is 29.4. The van der Waals surface area contributed by atoms with Crippen LogP contribution in [-0.2, 0) is 25.6 Å². The van der Waals surface area contributed by atoms with Gasteiger partial charge in [0.15, 0.2) is 0 Å². The van der Waals surface area contributed by atoms with Crippen molar-refractivity contribution in [3.05, 3.63) is 29.8 Å². The van der Waals surface area contributed by atoms with Crippen molar-refractivity contribution in [2.75, 3.05) is 27.2 Å². The van der Waals surface area contributed by atoms with E-state index in [9.17, 15) is 24.0 Å². The SMILES string of the molecule is CCCCCC(=O)NC(Cc1ccc(OC(=O)NCCN(C)C)cc1)C(=O)NC(C(=O)NC(C)(C)CC(C)(C)C(N)=O)C(C)CC. The molecule has 1 rings (SSSR count). The van der Waals surface area contributed by atoms with Gasteiger partial charge in [-0.15, -0.1) is 0 Å². The van der Waals surface area contributed by atoms with Crippen LogP contribution >= 0.6 is 0 Å². The van der Waals surface area contributed by atoms with E-state index in [0.29, 0.717) is 38.1 Å². The molecule has 0 fully saturated rings. The van der Waals surface area contributed by atoms with Gasteiger partial charge in [-0.1, -0.05) is 66.0 Å². The minimum Gasteiger partial charge on any atom is -0.410 e. The predicted octanol–water partition coefficient (Wildman–Crippen LogP) is 3.27. The van der Waals surface area contributed by atoms with Crippen molar-refractivity contribution in [1.82, 2.24) is 26.2 Å². The van der Waals surface area contributed by atoms with Crippen LogP contribution in [0.4, 0.5) is 4.79 Å². The van der Waals surface area contributed by atoms with Crippen LogP contribution in [0.2, 0.25) is 0 Å². The van der Waals surface area contributed by atoms with Crippen LogP contribution in [0.25, 0.3) is 0 Å². The van der Waals surface area contributed by atoms with E-state index in [1.165, 1.54) is 0 Å². The minimum absolute atomic E-state index is 0.161. The zero-order chi connectivity index (χ0) is 35.1. The molecule has 1 aromatic carbocycles. The number of likely N-dealkylation sites (N-methyl/N-ethyl adjacent to an activating group) is 1. The van der Waals surface area contributed by atoms with Crippen LogP contribution in [0.1, 0.15) is 92.6 Å². The third kappa shape index (κ3) is 15.1. The summed E-state index contributed by atoms with van der Waals surface area (Å²) >= 11 is 0. The molecule has 3 atom stereocenters. The fraction of sp³-hybridized carbons (Fsp3) is 0.676. The number of primary amides is 1. The topological polar surface area (TPSA) is 172 Å². The van der Waals surface area contributed by atoms with E-state index in [0.717, 1.165) is 18.4 Å². The van der Waals surface area contributed by atoms with Crippen molar-refractivity contribution in [3.63, 3.8) is 0 Å². The summed E-state index contributed by atoms with van der Waals surface area (Å²) in [5.41, 5.74) is 4.66. The Morgan fingerprint density at radius 2 is 1.57 bits per heavy atom. The smallest absolute Gasteiger partial charge is 0.410 e. The normalized spacial score (nSPS) is 13.7. The van der Waals surface area contributed by atoms with Crippen molar-refractivity contribution in [2.45, 2.75) is 111 Å². The van der Waals surface area contributed by atoms with E-state index in [2.05, 4.69) is 21.3 Å². The van der Waals surface area contributed by atoms with Crippen molar-refractivity contribution >= 4 is 29.7 Å². The summed E-state index contributed by atoms with van der Waals surface area (Å²) < 4.78 is 5.34. The minimum atomic E-state index is -0.948. The maximum Gasteiger partial charge on any atom is 0.412 e. The predicted molar refractivity (Wildman–Crippen MR) is 180 cm³/mol. The Hall–Kier alpha value is -3.67. The first-order chi connectivity index (χ1) is 21.4. The van der Waals surface area contributed by atoms with Crippen LogP contribution in [0.5, 0.6) is 5.75 Å². The molecular weight excluding hydrogens is 588 g/mol. The van der Waals surface area contributed by atoms with Gasteiger partial charge in [0.2, 0.25) is 23.6 Å². The van der Waals surface area contributed by atoms with Crippen LogP contribution < -0.4 is 31.7 Å². The maximum absolute atomic E-state index is 13.7. The van der Waals surface area contributed by atoms with Gasteiger partial charge in [-0.05, 0) is 64.4 Å². The Morgan fingerprint density at radius 3 is 2.11 bits per heavy atom. The summed E-state index contributed by atoms with van der Waals surface area (Å²) in [5.74, 6) is -1.47. The lowest BCUT2D eigenvalue weighted by Gasteiger charge is -2.36. The standard InChI is InChI=1S/C34H58N6O6/c1-10-12-13-14-27(41)37-26(21-24-15-17-25(18-16-24)46-32(45)36-19-20-40(8)9)29(42)38-28(23(3)11-2)30(43)39-34(6,7)22-33(4,5)31(35)44/h15-18,23,26,28H,10-14,19-22H2,1-9H3,(H2,35,44)(H,36,45)(H,37,41)(H,38,42)(H,39,43). The molecule has 0 radical (unpaired) electrons. The van der Waals surface area contributed by atoms with E-state index in [4.69, 9.17) is 10.5 Å². The number of rotatable bonds is 20. The summed E-state index contributed by atoms with van der Waals surface area (Å²) in [7, 11) is 3.81. The van der Waals surface area contributed by atoms with Gasteiger partial charge in [-0.3, -0.25) is 19.2 Å². The van der Waals surface area contributed by atoms with Crippen LogP contribution in [0, 0.1) is 11.3 Å². The molecule has 0 saturated carbocycles. The van der Waals surface area contributed by atoms with E-state index >= 15 is 0 Å². The molecule has 6 N–H and O–H groups in total. The quantitative estimate of drug-likeness (QED) is 0.135. The molecule has 46 heavy (non-hydrogen) atoms. The maximum atomic E-state index is 13.7. The summed E-state index contributed by atoms with van der Waals surface area (Å²) in [6, 6.07) is 4.89. The lowest BCUT2D eigenvalue weighted by molar-refractivity contribution is -0.134. The third-order valence-electron chi connectivity index (χ3n) is 7.87. The average Bonchev–Trinajstić information content (AvgIpc) is 2.94. The molecule has 0 saturated heterocycles. The van der Waals surface area contributed by atoms with Gasteiger partial charge in [-0.25, -0.2) is 4.79 Å². The molecule has 260 valence electrons. The Kier molecular flexibility index (Phi) is 16.8. The molecule has 12 heteroatoms. The first-order valence-corrected chi connectivity index (χ1v) is 16.3. The van der Waals surface area contributed by atoms with Gasteiger partial charge in [-0.2, -0.15) is 0 Å². The second-order valence-corrected chi connectivity index (χ2v) is 13.7. The monoisotopic (exact) mass is 646 g/mol. The van der Waals surface area contributed by atoms with Crippen LogP contribution in [0.3, 0.4) is 0 Å². The molecule has 3 unspecified atom stereocenters. The lowest BCUT2D eigenvalue weighted by Crippen LogP contribution is -2.59. The fourth-order valence-corrected chi connectivity index (χ4v) is 5.07. The number of hydrogen-bond acceptors (Lipinski definition) is 7. The van der Waals surface area contributed by atoms with E-state index in [1.54, 1.807) is 38.1 Å². The molecule has 12 nitrogen and oxygen atoms in total. The van der Waals surface area contributed by atoms with Crippen LogP contribution in [0.15, 0.2) is 24.3 Å². The number of nitrogens with one attached hydrogen (secondary N) is 4. The number of benzene rings is 1. The summed E-state index contributed by atoms with van der Waals surface area (Å²) in [4.78, 5) is 66.1. The highest BCUT2D eigenvalue weighted by Gasteiger charge is 2.37. The van der Waals surface area contributed by atoms with Gasteiger partial charge >= 0.3 is 6.09 Å². The lowest BCUT2D eigenvalue weighted by atomic mass is 9.79. The Labute approximate surface area is 275 Å². The number of ether oxygens (including phenoxy) is 1. The number of hydrogen-bond donors (Lipinski definition) is 5. The first kappa shape index (κ1) is 40.4. The van der Waals surface area contributed by atoms with Crippen molar-refractivity contribution < 1.29 is 28.7 Å².